The van der Waals surface area contributed by atoms with Crippen molar-refractivity contribution in [3.05, 3.63) is 0 Å². The average molecular weight is 823 g/mol. The van der Waals surface area contributed by atoms with Crippen molar-refractivity contribution >= 4 is 48.5 Å². The molecular formula is C33H58N8O16. The Hall–Kier alpha value is -4.92. The van der Waals surface area contributed by atoms with Gasteiger partial charge in [0.1, 0.15) is 0 Å². The van der Waals surface area contributed by atoms with Gasteiger partial charge < -0.3 is 40.0 Å². The summed E-state index contributed by atoms with van der Waals surface area (Å²) >= 11 is 0. The van der Waals surface area contributed by atoms with Gasteiger partial charge in [-0.25, -0.2) is 0 Å². The van der Waals surface area contributed by atoms with E-state index in [0.29, 0.717) is 52.4 Å². The predicted molar refractivity (Wildman–Crippen MR) is 191 cm³/mol. The van der Waals surface area contributed by atoms with Crippen molar-refractivity contribution in [1.82, 2.24) is 39.2 Å². The summed E-state index contributed by atoms with van der Waals surface area (Å²) in [6.07, 6.45) is 1.91. The highest BCUT2D eigenvalue weighted by molar-refractivity contribution is 5.70. The lowest BCUT2D eigenvalue weighted by atomic mass is 10.3. The molecule has 0 aromatic heterocycles. The molecule has 326 valence electrons. The molecule has 0 unspecified atom stereocenters. The molecule has 0 aliphatic carbocycles. The van der Waals surface area contributed by atoms with Crippen LogP contribution in [-0.2, 0) is 57.5 Å². The van der Waals surface area contributed by atoms with Gasteiger partial charge in [-0.2, -0.15) is 38.4 Å². The number of carbonyl (C=O) groups excluding carboxylic acids is 8. The van der Waals surface area contributed by atoms with E-state index in [1.165, 1.54) is 0 Å². The number of rotatable bonds is 8. The van der Waals surface area contributed by atoms with Crippen LogP contribution in [0.5, 0.6) is 0 Å². The largest absolute Gasteiger partial charge is 0.480 e. The van der Waals surface area contributed by atoms with E-state index >= 15 is 0 Å². The van der Waals surface area contributed by atoms with Crippen LogP contribution < -0.4 is 0 Å². The van der Waals surface area contributed by atoms with Gasteiger partial charge in [0.15, 0.2) is 0 Å². The normalized spacial score (nSPS) is 17.9. The van der Waals surface area contributed by atoms with Crippen LogP contribution >= 0.6 is 0 Å². The van der Waals surface area contributed by atoms with Crippen LogP contribution in [0.25, 0.3) is 0 Å². The summed E-state index contributed by atoms with van der Waals surface area (Å²) in [6.45, 7) is 12.1. The molecule has 2 aliphatic rings. The Bertz CT molecular complexity index is 1160. The topological polar surface area (TPSA) is 312 Å². The van der Waals surface area contributed by atoms with Gasteiger partial charge in [0, 0.05) is 98.2 Å². The van der Waals surface area contributed by atoms with Gasteiger partial charge in [0.25, 0.3) is 0 Å². The van der Waals surface area contributed by atoms with Crippen LogP contribution in [0.15, 0.2) is 0 Å². The first-order valence-electron chi connectivity index (χ1n) is 17.4. The number of hydrogen-bond donors (Lipinski definition) is 4. The summed E-state index contributed by atoms with van der Waals surface area (Å²) in [6, 6.07) is 0. The van der Waals surface area contributed by atoms with E-state index in [4.69, 9.17) is 58.8 Å². The highest BCUT2D eigenvalue weighted by Gasteiger charge is 2.18. The zero-order chi connectivity index (χ0) is 44.6. The summed E-state index contributed by atoms with van der Waals surface area (Å²) in [5.41, 5.74) is 0. The minimum absolute atomic E-state index is 0.00449. The third-order valence-electron chi connectivity index (χ3n) is 8.04. The van der Waals surface area contributed by atoms with Gasteiger partial charge in [0.05, 0.1) is 26.2 Å². The van der Waals surface area contributed by atoms with Crippen LogP contribution in [0.2, 0.25) is 0 Å². The molecule has 2 rings (SSSR count). The monoisotopic (exact) mass is 822 g/mol. The molecule has 0 amide bonds. The zero-order valence-corrected chi connectivity index (χ0v) is 33.1. The predicted octanol–water partition coefficient (Wildman–Crippen LogP) is -4.67. The van der Waals surface area contributed by atoms with Crippen molar-refractivity contribution in [3.8, 4) is 0 Å². The minimum atomic E-state index is -0.848. The summed E-state index contributed by atoms with van der Waals surface area (Å²) in [5.74, 6) is -3.38. The lowest BCUT2D eigenvalue weighted by Crippen LogP contribution is -2.46. The standard InChI is InChI=1S/C15H30N4O4.C14H28N4O4.4CO2/c1-16-4-3-5-18(12-14(20)21)10-11-19(13-15(22)23)9-8-17(2)7-6-16;1-15-3-4-16(2)6-8-18(12-14(21)22)10-9-17(7-5-15)11-13(19)20;4*2-1-3/h3-13H2,1-2H3,(H,20,21)(H,22,23);3-12H2,1-2H3,(H,19,20)(H,21,22);;;;. The fraction of sp³-hybridized carbons (Fsp3) is 0.758. The molecule has 0 spiro atoms. The highest BCUT2D eigenvalue weighted by Crippen LogP contribution is 2.01. The third-order valence-corrected chi connectivity index (χ3v) is 8.04. The van der Waals surface area contributed by atoms with Gasteiger partial charge >= 0.3 is 48.5 Å². The van der Waals surface area contributed by atoms with E-state index < -0.39 is 23.9 Å². The van der Waals surface area contributed by atoms with E-state index in [1.54, 1.807) is 0 Å². The van der Waals surface area contributed by atoms with E-state index in [-0.39, 0.29) is 50.8 Å². The first kappa shape index (κ1) is 58.8. The first-order chi connectivity index (χ1) is 26.9. The van der Waals surface area contributed by atoms with Crippen LogP contribution in [0.1, 0.15) is 6.42 Å². The van der Waals surface area contributed by atoms with Gasteiger partial charge in [-0.15, -0.1) is 0 Å². The molecule has 0 bridgehead atoms. The second-order valence-corrected chi connectivity index (χ2v) is 12.6. The molecule has 57 heavy (non-hydrogen) atoms. The van der Waals surface area contributed by atoms with Crippen molar-refractivity contribution < 1.29 is 78.0 Å². The summed E-state index contributed by atoms with van der Waals surface area (Å²) < 4.78 is 0. The Labute approximate surface area is 331 Å². The summed E-state index contributed by atoms with van der Waals surface area (Å²) in [7, 11) is 8.19. The number of aliphatic carboxylic acids is 4. The van der Waals surface area contributed by atoms with Crippen molar-refractivity contribution in [2.45, 2.75) is 6.42 Å². The van der Waals surface area contributed by atoms with Gasteiger partial charge in [-0.05, 0) is 41.2 Å². The van der Waals surface area contributed by atoms with Gasteiger partial charge in [0.2, 0.25) is 0 Å². The van der Waals surface area contributed by atoms with Crippen molar-refractivity contribution in [2.24, 2.45) is 0 Å². The smallest absolute Gasteiger partial charge is 0.373 e. The number of nitrogens with zero attached hydrogens (tertiary/aromatic N) is 8. The number of hydrogen-bond acceptors (Lipinski definition) is 20. The Morgan fingerprint density at radius 3 is 0.702 bits per heavy atom. The molecule has 0 saturated carbocycles. The van der Waals surface area contributed by atoms with Gasteiger partial charge in [-0.1, -0.05) is 0 Å². The van der Waals surface area contributed by atoms with Crippen LogP contribution in [0.3, 0.4) is 0 Å². The number of likely N-dealkylation sites (N-methyl/N-ethyl adjacent to an activating group) is 4. The van der Waals surface area contributed by atoms with Crippen molar-refractivity contribution in [2.75, 3.05) is 159 Å². The second kappa shape index (κ2) is 40.7. The summed E-state index contributed by atoms with van der Waals surface area (Å²) in [5, 5.41) is 36.1. The number of carboxylic acid groups (broad SMARTS) is 4. The Morgan fingerprint density at radius 1 is 0.333 bits per heavy atom. The SMILES string of the molecule is CN1CCCN(CC(=O)O)CCN(CC(=O)O)CCN(C)CC1.CN1CCN(C)CCN(CC(=O)O)CCN(CC(=O)O)CC1.O=C=O.O=C=O.O=C=O.O=C=O. The molecule has 24 nitrogen and oxygen atoms in total. The molecular weight excluding hydrogens is 764 g/mol. The molecule has 24 heteroatoms. The summed E-state index contributed by atoms with van der Waals surface area (Å²) in [4.78, 5) is 125. The van der Waals surface area contributed by atoms with Crippen LogP contribution in [-0.4, -0.2) is 267 Å². The van der Waals surface area contributed by atoms with Crippen molar-refractivity contribution in [1.29, 1.82) is 0 Å². The zero-order valence-electron chi connectivity index (χ0n) is 33.1. The molecule has 2 aliphatic heterocycles. The molecule has 0 aromatic carbocycles. The Balaban J connectivity index is -0.000000385. The fourth-order valence-corrected chi connectivity index (χ4v) is 5.04. The Kier molecular flexibility index (Phi) is 42.0. The fourth-order valence-electron chi connectivity index (χ4n) is 5.04. The molecule has 2 fully saturated rings. The van der Waals surface area contributed by atoms with E-state index in [9.17, 15) is 19.2 Å². The molecule has 0 aromatic rings. The van der Waals surface area contributed by atoms with E-state index in [2.05, 4.69) is 26.6 Å². The van der Waals surface area contributed by atoms with Crippen LogP contribution in [0, 0.1) is 0 Å². The lowest BCUT2D eigenvalue weighted by molar-refractivity contribution is -0.193. The molecule has 2 saturated heterocycles. The van der Waals surface area contributed by atoms with E-state index in [1.807, 2.05) is 40.7 Å². The first-order valence-corrected chi connectivity index (χ1v) is 17.4. The van der Waals surface area contributed by atoms with Crippen molar-refractivity contribution in [3.63, 3.8) is 0 Å². The molecule has 0 atom stereocenters. The number of carboxylic acids is 4. The molecule has 0 radical (unpaired) electrons. The molecule has 4 N–H and O–H groups in total. The maximum atomic E-state index is 11.0. The second-order valence-electron chi connectivity index (χ2n) is 12.6. The minimum Gasteiger partial charge on any atom is -0.480 e. The highest BCUT2D eigenvalue weighted by atomic mass is 16.4. The number of carbonyl (C=O) groups is 4. The van der Waals surface area contributed by atoms with E-state index in [0.717, 1.165) is 58.8 Å². The Morgan fingerprint density at radius 2 is 0.491 bits per heavy atom. The maximum Gasteiger partial charge on any atom is 0.373 e. The quantitative estimate of drug-likeness (QED) is 0.179. The average Bonchev–Trinajstić information content (AvgIpc) is 3.12. The maximum absolute atomic E-state index is 11.0. The lowest BCUT2D eigenvalue weighted by Gasteiger charge is -2.31. The van der Waals surface area contributed by atoms with Crippen LogP contribution in [0.4, 0.5) is 0 Å². The molecule has 2 heterocycles. The third kappa shape index (κ3) is 45.4. The van der Waals surface area contributed by atoms with Gasteiger partial charge in [-0.3, -0.25) is 38.8 Å².